The topological polar surface area (TPSA) is 63.1 Å². The first-order chi connectivity index (χ1) is 15.0. The summed E-state index contributed by atoms with van der Waals surface area (Å²) in [6.07, 6.45) is 0.896. The van der Waals surface area contributed by atoms with Crippen LogP contribution in [0, 0.1) is 25.7 Å². The number of nitrogens with zero attached hydrogens (tertiary/aromatic N) is 4. The van der Waals surface area contributed by atoms with Crippen LogP contribution < -0.4 is 5.32 Å². The predicted molar refractivity (Wildman–Crippen MR) is 120 cm³/mol. The highest BCUT2D eigenvalue weighted by atomic mass is 16.2. The van der Waals surface area contributed by atoms with Crippen LogP contribution in [0.4, 0.5) is 0 Å². The summed E-state index contributed by atoms with van der Waals surface area (Å²) in [5, 5.41) is 11.6. The molecule has 1 fully saturated rings. The van der Waals surface area contributed by atoms with Gasteiger partial charge in [0.15, 0.2) is 0 Å². The molecule has 2 aliphatic heterocycles. The van der Waals surface area contributed by atoms with Gasteiger partial charge in [-0.1, -0.05) is 59.7 Å². The molecule has 1 amide bonds. The molecular weight excluding hydrogens is 386 g/mol. The van der Waals surface area contributed by atoms with E-state index in [1.165, 1.54) is 16.7 Å². The van der Waals surface area contributed by atoms with E-state index >= 15 is 0 Å². The maximum Gasteiger partial charge on any atom is 0.289 e. The number of amides is 1. The van der Waals surface area contributed by atoms with E-state index in [1.807, 2.05) is 34.9 Å². The Morgan fingerprint density at radius 3 is 2.48 bits per heavy atom. The third kappa shape index (κ3) is 4.26. The second kappa shape index (κ2) is 8.27. The minimum Gasteiger partial charge on any atom is -0.345 e. The zero-order valence-corrected chi connectivity index (χ0v) is 18.2. The van der Waals surface area contributed by atoms with E-state index in [4.69, 9.17) is 0 Å². The lowest BCUT2D eigenvalue weighted by Gasteiger charge is -2.25. The van der Waals surface area contributed by atoms with Crippen LogP contribution in [0.1, 0.15) is 38.7 Å². The van der Waals surface area contributed by atoms with Crippen LogP contribution in [-0.2, 0) is 26.1 Å². The molecule has 0 unspecified atom stereocenters. The van der Waals surface area contributed by atoms with E-state index in [-0.39, 0.29) is 5.91 Å². The normalized spacial score (nSPS) is 20.3. The van der Waals surface area contributed by atoms with Crippen molar-refractivity contribution in [2.45, 2.75) is 39.9 Å². The molecule has 2 aliphatic rings. The van der Waals surface area contributed by atoms with Crippen LogP contribution in [0.2, 0.25) is 0 Å². The third-order valence-electron chi connectivity index (χ3n) is 6.53. The van der Waals surface area contributed by atoms with Crippen LogP contribution in [0.3, 0.4) is 0 Å². The molecule has 160 valence electrons. The predicted octanol–water partition coefficient (Wildman–Crippen LogP) is 3.13. The van der Waals surface area contributed by atoms with Gasteiger partial charge < -0.3 is 9.88 Å². The number of aromatic nitrogens is 3. The van der Waals surface area contributed by atoms with Gasteiger partial charge in [-0.25, -0.2) is 0 Å². The fraction of sp³-hybridized carbons (Fsp3) is 0.400. The maximum atomic E-state index is 12.8. The number of benzene rings is 2. The monoisotopic (exact) mass is 415 g/mol. The number of fused-ring (bicyclic) bond motifs is 2. The van der Waals surface area contributed by atoms with Crippen molar-refractivity contribution >= 4 is 5.91 Å². The zero-order chi connectivity index (χ0) is 21.4. The molecule has 2 aromatic carbocycles. The van der Waals surface area contributed by atoms with Crippen molar-refractivity contribution < 1.29 is 4.79 Å². The SMILES string of the molecule is Cc1cc(C)cc(CN2C[C@@H]3Cc4nnc(C(=O)NCc5ccccc5)n4C[C@@H]3C2)c1. The van der Waals surface area contributed by atoms with Crippen molar-refractivity contribution in [2.75, 3.05) is 13.1 Å². The van der Waals surface area contributed by atoms with Gasteiger partial charge in [-0.05, 0) is 36.8 Å². The first-order valence-corrected chi connectivity index (χ1v) is 11.1. The summed E-state index contributed by atoms with van der Waals surface area (Å²) in [5.74, 6) is 2.36. The van der Waals surface area contributed by atoms with Crippen LogP contribution in [0.5, 0.6) is 0 Å². The summed E-state index contributed by atoms with van der Waals surface area (Å²) in [7, 11) is 0. The van der Waals surface area contributed by atoms with Gasteiger partial charge in [0.25, 0.3) is 5.91 Å². The Bertz CT molecular complexity index is 1070. The van der Waals surface area contributed by atoms with Crippen molar-refractivity contribution in [2.24, 2.45) is 11.8 Å². The molecule has 0 bridgehead atoms. The Kier molecular flexibility index (Phi) is 5.32. The molecule has 0 aliphatic carbocycles. The first kappa shape index (κ1) is 19.9. The van der Waals surface area contributed by atoms with Gasteiger partial charge in [0.2, 0.25) is 5.82 Å². The van der Waals surface area contributed by atoms with E-state index in [0.717, 1.165) is 44.0 Å². The molecule has 5 rings (SSSR count). The molecule has 1 aromatic heterocycles. The van der Waals surface area contributed by atoms with Crippen LogP contribution in [0.25, 0.3) is 0 Å². The molecule has 3 aromatic rings. The molecule has 3 heterocycles. The molecule has 0 radical (unpaired) electrons. The lowest BCUT2D eigenvalue weighted by atomic mass is 9.89. The summed E-state index contributed by atoms with van der Waals surface area (Å²) >= 11 is 0. The highest BCUT2D eigenvalue weighted by molar-refractivity contribution is 5.90. The largest absolute Gasteiger partial charge is 0.345 e. The molecule has 0 spiro atoms. The molecule has 2 atom stereocenters. The lowest BCUT2D eigenvalue weighted by Crippen LogP contribution is -2.32. The number of hydrogen-bond acceptors (Lipinski definition) is 4. The second-order valence-corrected chi connectivity index (χ2v) is 9.13. The molecule has 6 nitrogen and oxygen atoms in total. The summed E-state index contributed by atoms with van der Waals surface area (Å²) in [6.45, 7) is 8.77. The van der Waals surface area contributed by atoms with Gasteiger partial charge in [0, 0.05) is 39.1 Å². The Balaban J connectivity index is 1.24. The molecule has 6 heteroatoms. The quantitative estimate of drug-likeness (QED) is 0.695. The number of rotatable bonds is 5. The number of carbonyl (C=O) groups is 1. The molecule has 0 saturated carbocycles. The van der Waals surface area contributed by atoms with Crippen LogP contribution in [0.15, 0.2) is 48.5 Å². The van der Waals surface area contributed by atoms with Crippen molar-refractivity contribution in [1.29, 1.82) is 0 Å². The fourth-order valence-electron chi connectivity index (χ4n) is 5.19. The summed E-state index contributed by atoms with van der Waals surface area (Å²) < 4.78 is 2.04. The van der Waals surface area contributed by atoms with Gasteiger partial charge in [-0.3, -0.25) is 9.69 Å². The van der Waals surface area contributed by atoms with Crippen LogP contribution >= 0.6 is 0 Å². The lowest BCUT2D eigenvalue weighted by molar-refractivity contribution is 0.0932. The van der Waals surface area contributed by atoms with Crippen LogP contribution in [-0.4, -0.2) is 38.7 Å². The Morgan fingerprint density at radius 2 is 1.71 bits per heavy atom. The highest BCUT2D eigenvalue weighted by Crippen LogP contribution is 2.33. The smallest absolute Gasteiger partial charge is 0.289 e. The first-order valence-electron chi connectivity index (χ1n) is 11.1. The Labute approximate surface area is 183 Å². The number of hydrogen-bond donors (Lipinski definition) is 1. The van der Waals surface area contributed by atoms with Gasteiger partial charge in [-0.15, -0.1) is 10.2 Å². The summed E-state index contributed by atoms with van der Waals surface area (Å²) in [6, 6.07) is 16.7. The van der Waals surface area contributed by atoms with Gasteiger partial charge in [-0.2, -0.15) is 0 Å². The zero-order valence-electron chi connectivity index (χ0n) is 18.2. The van der Waals surface area contributed by atoms with E-state index in [9.17, 15) is 4.79 Å². The Hall–Kier alpha value is -2.99. The highest BCUT2D eigenvalue weighted by Gasteiger charge is 2.39. The molecule has 1 saturated heterocycles. The average molecular weight is 416 g/mol. The number of carbonyl (C=O) groups excluding carboxylic acids is 1. The molecule has 1 N–H and O–H groups in total. The van der Waals surface area contributed by atoms with Crippen molar-refractivity contribution in [1.82, 2.24) is 25.0 Å². The van der Waals surface area contributed by atoms with Crippen molar-refractivity contribution in [3.63, 3.8) is 0 Å². The standard InChI is InChI=1S/C25H29N5O/c1-17-8-18(2)10-20(9-17)13-29-14-21-11-23-27-28-24(30(23)16-22(21)15-29)25(31)26-12-19-6-4-3-5-7-19/h3-10,21-22H,11-16H2,1-2H3,(H,26,31)/t21-,22-/m0/s1. The Morgan fingerprint density at radius 1 is 0.968 bits per heavy atom. The number of likely N-dealkylation sites (tertiary alicyclic amines) is 1. The minimum atomic E-state index is -0.147. The number of aryl methyl sites for hydroxylation is 2. The minimum absolute atomic E-state index is 0.147. The average Bonchev–Trinajstić information content (AvgIpc) is 3.32. The summed E-state index contributed by atoms with van der Waals surface area (Å²) in [4.78, 5) is 15.3. The fourth-order valence-corrected chi connectivity index (χ4v) is 5.19. The van der Waals surface area contributed by atoms with Gasteiger partial charge in [0.05, 0.1) is 0 Å². The third-order valence-corrected chi connectivity index (χ3v) is 6.53. The maximum absolute atomic E-state index is 12.8. The van der Waals surface area contributed by atoms with Gasteiger partial charge in [0.1, 0.15) is 5.82 Å². The van der Waals surface area contributed by atoms with E-state index in [0.29, 0.717) is 24.2 Å². The van der Waals surface area contributed by atoms with E-state index in [1.54, 1.807) is 0 Å². The van der Waals surface area contributed by atoms with E-state index < -0.39 is 0 Å². The van der Waals surface area contributed by atoms with E-state index in [2.05, 4.69) is 52.5 Å². The number of nitrogens with one attached hydrogen (secondary N) is 1. The van der Waals surface area contributed by atoms with Gasteiger partial charge >= 0.3 is 0 Å². The van der Waals surface area contributed by atoms with Crippen molar-refractivity contribution in [3.8, 4) is 0 Å². The summed E-state index contributed by atoms with van der Waals surface area (Å²) in [5.41, 5.74) is 5.11. The van der Waals surface area contributed by atoms with Crippen molar-refractivity contribution in [3.05, 3.63) is 82.4 Å². The second-order valence-electron chi connectivity index (χ2n) is 9.13. The molecule has 31 heavy (non-hydrogen) atoms. The molecular formula is C25H29N5O.